The number of ether oxygens (including phenoxy) is 1. The maximum atomic E-state index is 5.25. The van der Waals surface area contributed by atoms with Gasteiger partial charge in [0.05, 0.1) is 7.11 Å². The number of rotatable bonds is 3. The van der Waals surface area contributed by atoms with Crippen LogP contribution in [0.25, 0.3) is 0 Å². The van der Waals surface area contributed by atoms with Gasteiger partial charge in [0.25, 0.3) is 0 Å². The number of para-hydroxylation sites is 1. The molecule has 1 aromatic carbocycles. The van der Waals surface area contributed by atoms with Crippen molar-refractivity contribution in [3.63, 3.8) is 0 Å². The summed E-state index contributed by atoms with van der Waals surface area (Å²) in [5, 5.41) is 0. The summed E-state index contributed by atoms with van der Waals surface area (Å²) < 4.78 is 5.25. The molecule has 0 aliphatic heterocycles. The highest BCUT2D eigenvalue weighted by atomic mass is 16.5. The second kappa shape index (κ2) is 4.15. The Morgan fingerprint density at radius 1 is 1.33 bits per heavy atom. The number of methoxy groups -OCH3 is 1. The molecule has 0 amide bonds. The molecule has 0 N–H and O–H groups in total. The van der Waals surface area contributed by atoms with Crippen molar-refractivity contribution in [1.82, 2.24) is 0 Å². The topological polar surface area (TPSA) is 9.23 Å². The molecule has 0 spiro atoms. The van der Waals surface area contributed by atoms with Crippen LogP contribution >= 0.6 is 0 Å². The van der Waals surface area contributed by atoms with Crippen LogP contribution in [0.5, 0.6) is 5.75 Å². The Balaban J connectivity index is 2.96. The number of hydrogen-bond donors (Lipinski definition) is 0. The van der Waals surface area contributed by atoms with Crippen LogP contribution in [-0.4, -0.2) is 7.11 Å². The van der Waals surface area contributed by atoms with E-state index in [1.165, 1.54) is 11.5 Å². The standard InChI is InChI=1S/C11H15O/c1-4-9(2)10-7-5-6-8-11(10)12-3/h5-8H,4H2,1-3H3. The molecular formula is C11H15O. The maximum absolute atomic E-state index is 5.25. The van der Waals surface area contributed by atoms with Crippen molar-refractivity contribution < 1.29 is 4.74 Å². The fourth-order valence-corrected chi connectivity index (χ4v) is 1.19. The summed E-state index contributed by atoms with van der Waals surface area (Å²) in [5.74, 6) is 2.34. The second-order valence-electron chi connectivity index (χ2n) is 2.83. The Bertz CT molecular complexity index is 243. The molecule has 1 heteroatoms. The van der Waals surface area contributed by atoms with E-state index in [0.29, 0.717) is 0 Å². The minimum atomic E-state index is 0.969. The van der Waals surface area contributed by atoms with Gasteiger partial charge in [-0.25, -0.2) is 0 Å². The molecule has 0 unspecified atom stereocenters. The lowest BCUT2D eigenvalue weighted by molar-refractivity contribution is 0.411. The van der Waals surface area contributed by atoms with E-state index in [1.807, 2.05) is 18.2 Å². The Hall–Kier alpha value is -0.980. The van der Waals surface area contributed by atoms with Gasteiger partial charge in [-0.15, -0.1) is 0 Å². The zero-order valence-electron chi connectivity index (χ0n) is 7.92. The molecular weight excluding hydrogens is 148 g/mol. The first-order valence-corrected chi connectivity index (χ1v) is 4.25. The third kappa shape index (κ3) is 1.79. The average Bonchev–Trinajstić information content (AvgIpc) is 2.16. The molecule has 0 atom stereocenters. The summed E-state index contributed by atoms with van der Waals surface area (Å²) in [6, 6.07) is 8.12. The molecule has 0 fully saturated rings. The van der Waals surface area contributed by atoms with Gasteiger partial charge in [-0.3, -0.25) is 0 Å². The smallest absolute Gasteiger partial charge is 0.122 e. The lowest BCUT2D eigenvalue weighted by atomic mass is 9.98. The van der Waals surface area contributed by atoms with Crippen molar-refractivity contribution in [3.05, 3.63) is 35.7 Å². The monoisotopic (exact) mass is 163 g/mol. The van der Waals surface area contributed by atoms with E-state index >= 15 is 0 Å². The van der Waals surface area contributed by atoms with Crippen LogP contribution in [0.2, 0.25) is 0 Å². The first-order valence-electron chi connectivity index (χ1n) is 4.25. The molecule has 1 radical (unpaired) electrons. The quantitative estimate of drug-likeness (QED) is 0.665. The van der Waals surface area contributed by atoms with Crippen LogP contribution < -0.4 is 4.74 Å². The van der Waals surface area contributed by atoms with Crippen LogP contribution in [-0.2, 0) is 0 Å². The predicted molar refractivity (Wildman–Crippen MR) is 51.3 cm³/mol. The predicted octanol–water partition coefficient (Wildman–Crippen LogP) is 3.05. The first-order chi connectivity index (χ1) is 5.79. The highest BCUT2D eigenvalue weighted by Gasteiger charge is 2.08. The van der Waals surface area contributed by atoms with Gasteiger partial charge >= 0.3 is 0 Å². The van der Waals surface area contributed by atoms with Crippen LogP contribution in [0.3, 0.4) is 0 Å². The Labute approximate surface area is 74.4 Å². The SMILES string of the molecule is CC[C](C)c1ccccc1OC. The summed E-state index contributed by atoms with van der Waals surface area (Å²) >= 11 is 0. The minimum absolute atomic E-state index is 0.969. The largest absolute Gasteiger partial charge is 0.496 e. The van der Waals surface area contributed by atoms with E-state index in [0.717, 1.165) is 12.2 Å². The molecule has 0 heterocycles. The molecule has 0 saturated carbocycles. The van der Waals surface area contributed by atoms with E-state index in [9.17, 15) is 0 Å². The third-order valence-electron chi connectivity index (χ3n) is 2.10. The number of hydrogen-bond acceptors (Lipinski definition) is 1. The molecule has 1 aromatic rings. The van der Waals surface area contributed by atoms with Crippen molar-refractivity contribution >= 4 is 0 Å². The molecule has 1 nitrogen and oxygen atoms in total. The summed E-state index contributed by atoms with van der Waals surface area (Å²) in [7, 11) is 1.71. The van der Waals surface area contributed by atoms with Crippen molar-refractivity contribution in [1.29, 1.82) is 0 Å². The third-order valence-corrected chi connectivity index (χ3v) is 2.10. The first kappa shape index (κ1) is 9.11. The van der Waals surface area contributed by atoms with Crippen molar-refractivity contribution in [2.24, 2.45) is 0 Å². The fourth-order valence-electron chi connectivity index (χ4n) is 1.19. The van der Waals surface area contributed by atoms with Gasteiger partial charge in [0.2, 0.25) is 0 Å². The normalized spacial score (nSPS) is 10.3. The highest BCUT2D eigenvalue weighted by Crippen LogP contribution is 2.26. The van der Waals surface area contributed by atoms with Crippen molar-refractivity contribution in [3.8, 4) is 5.75 Å². The summed E-state index contributed by atoms with van der Waals surface area (Å²) in [4.78, 5) is 0. The van der Waals surface area contributed by atoms with Crippen LogP contribution in [0.15, 0.2) is 24.3 Å². The van der Waals surface area contributed by atoms with Gasteiger partial charge in [0.1, 0.15) is 5.75 Å². The lowest BCUT2D eigenvalue weighted by Crippen LogP contribution is -1.96. The van der Waals surface area contributed by atoms with Gasteiger partial charge in [-0.1, -0.05) is 32.0 Å². The van der Waals surface area contributed by atoms with Gasteiger partial charge in [-0.2, -0.15) is 0 Å². The zero-order valence-corrected chi connectivity index (χ0v) is 7.92. The molecule has 0 bridgehead atoms. The minimum Gasteiger partial charge on any atom is -0.496 e. The summed E-state index contributed by atoms with van der Waals surface area (Å²) in [6.45, 7) is 4.29. The van der Waals surface area contributed by atoms with Gasteiger partial charge < -0.3 is 4.74 Å². The van der Waals surface area contributed by atoms with E-state index in [4.69, 9.17) is 4.74 Å². The maximum Gasteiger partial charge on any atom is 0.122 e. The molecule has 12 heavy (non-hydrogen) atoms. The van der Waals surface area contributed by atoms with Gasteiger partial charge in [0.15, 0.2) is 0 Å². The van der Waals surface area contributed by atoms with Crippen LogP contribution in [0, 0.1) is 5.92 Å². The number of benzene rings is 1. The van der Waals surface area contributed by atoms with E-state index in [2.05, 4.69) is 19.9 Å². The molecule has 0 aromatic heterocycles. The average molecular weight is 163 g/mol. The van der Waals surface area contributed by atoms with E-state index in [1.54, 1.807) is 7.11 Å². The Kier molecular flexibility index (Phi) is 3.15. The second-order valence-corrected chi connectivity index (χ2v) is 2.83. The van der Waals surface area contributed by atoms with Gasteiger partial charge in [-0.05, 0) is 12.5 Å². The summed E-state index contributed by atoms with van der Waals surface area (Å²) in [5.41, 5.74) is 1.22. The summed E-state index contributed by atoms with van der Waals surface area (Å²) in [6.07, 6.45) is 1.07. The Morgan fingerprint density at radius 3 is 2.58 bits per heavy atom. The van der Waals surface area contributed by atoms with Crippen LogP contribution in [0.1, 0.15) is 25.8 Å². The van der Waals surface area contributed by atoms with Crippen LogP contribution in [0.4, 0.5) is 0 Å². The van der Waals surface area contributed by atoms with Crippen molar-refractivity contribution in [2.45, 2.75) is 20.3 Å². The van der Waals surface area contributed by atoms with E-state index in [-0.39, 0.29) is 0 Å². The van der Waals surface area contributed by atoms with Gasteiger partial charge in [0, 0.05) is 11.5 Å². The fraction of sp³-hybridized carbons (Fsp3) is 0.364. The zero-order chi connectivity index (χ0) is 8.97. The molecule has 0 aliphatic carbocycles. The lowest BCUT2D eigenvalue weighted by Gasteiger charge is -2.12. The molecule has 65 valence electrons. The molecule has 1 rings (SSSR count). The Morgan fingerprint density at radius 2 is 2.00 bits per heavy atom. The molecule has 0 saturated heterocycles. The highest BCUT2D eigenvalue weighted by molar-refractivity contribution is 5.42. The molecule has 0 aliphatic rings. The van der Waals surface area contributed by atoms with Crippen molar-refractivity contribution in [2.75, 3.05) is 7.11 Å². The van der Waals surface area contributed by atoms with E-state index < -0.39 is 0 Å².